The number of aliphatic hydroxyl groups excluding tert-OH is 1. The Hall–Kier alpha value is -1.31. The maximum Gasteiger partial charge on any atom is 0.105 e. The molecule has 94 valence electrons. The molecule has 0 fully saturated rings. The predicted molar refractivity (Wildman–Crippen MR) is 76.2 cm³/mol. The third kappa shape index (κ3) is 2.43. The molecule has 1 unspecified atom stereocenters. The molecule has 18 heavy (non-hydrogen) atoms. The third-order valence-electron chi connectivity index (χ3n) is 3.33. The lowest BCUT2D eigenvalue weighted by atomic mass is 9.93. The SMILES string of the molecule is Cc1ccc(C)c(C(O)c2cccc(Cl)c2C)c1. The molecule has 1 atom stereocenters. The highest BCUT2D eigenvalue weighted by atomic mass is 35.5. The summed E-state index contributed by atoms with van der Waals surface area (Å²) in [7, 11) is 0. The molecule has 0 spiro atoms. The normalized spacial score (nSPS) is 12.5. The number of halogens is 1. The lowest BCUT2D eigenvalue weighted by Gasteiger charge is -2.17. The molecule has 2 aromatic carbocycles. The van der Waals surface area contributed by atoms with Gasteiger partial charge in [0.1, 0.15) is 6.10 Å². The summed E-state index contributed by atoms with van der Waals surface area (Å²) < 4.78 is 0. The van der Waals surface area contributed by atoms with Crippen molar-refractivity contribution in [2.75, 3.05) is 0 Å². The lowest BCUT2D eigenvalue weighted by molar-refractivity contribution is 0.218. The fourth-order valence-corrected chi connectivity index (χ4v) is 2.32. The number of aryl methyl sites for hydroxylation is 2. The summed E-state index contributed by atoms with van der Waals surface area (Å²) in [6.45, 7) is 5.98. The first-order chi connectivity index (χ1) is 8.50. The van der Waals surface area contributed by atoms with Crippen LogP contribution in [-0.4, -0.2) is 5.11 Å². The standard InChI is InChI=1S/C16H17ClO/c1-10-7-8-11(2)14(9-10)16(18)13-5-4-6-15(17)12(13)3/h4-9,16,18H,1-3H3. The smallest absolute Gasteiger partial charge is 0.105 e. The van der Waals surface area contributed by atoms with Gasteiger partial charge in [-0.1, -0.05) is 47.5 Å². The Morgan fingerprint density at radius 1 is 1.00 bits per heavy atom. The molecule has 0 amide bonds. The van der Waals surface area contributed by atoms with Crippen molar-refractivity contribution in [3.05, 3.63) is 69.2 Å². The Bertz CT molecular complexity index is 573. The molecule has 0 saturated carbocycles. The number of rotatable bonds is 2. The molecule has 0 aliphatic carbocycles. The van der Waals surface area contributed by atoms with Crippen LogP contribution in [0.3, 0.4) is 0 Å². The van der Waals surface area contributed by atoms with Crippen LogP contribution in [0.2, 0.25) is 5.02 Å². The van der Waals surface area contributed by atoms with Gasteiger partial charge in [-0.25, -0.2) is 0 Å². The fourth-order valence-electron chi connectivity index (χ4n) is 2.14. The van der Waals surface area contributed by atoms with E-state index in [0.29, 0.717) is 5.02 Å². The Kier molecular flexibility index (Phi) is 3.74. The van der Waals surface area contributed by atoms with Crippen molar-refractivity contribution in [3.63, 3.8) is 0 Å². The van der Waals surface area contributed by atoms with E-state index in [1.807, 2.05) is 51.1 Å². The molecule has 0 aromatic heterocycles. The second-order valence-corrected chi connectivity index (χ2v) is 5.12. The first-order valence-corrected chi connectivity index (χ1v) is 6.38. The number of benzene rings is 2. The van der Waals surface area contributed by atoms with Crippen LogP contribution in [0.1, 0.15) is 33.9 Å². The minimum Gasteiger partial charge on any atom is -0.384 e. The summed E-state index contributed by atoms with van der Waals surface area (Å²) in [6.07, 6.45) is -0.622. The van der Waals surface area contributed by atoms with E-state index in [0.717, 1.165) is 27.8 Å². The topological polar surface area (TPSA) is 20.2 Å². The second kappa shape index (κ2) is 5.13. The van der Waals surface area contributed by atoms with Crippen LogP contribution in [0.25, 0.3) is 0 Å². The average Bonchev–Trinajstić information content (AvgIpc) is 2.35. The van der Waals surface area contributed by atoms with Crippen molar-refractivity contribution < 1.29 is 5.11 Å². The Morgan fingerprint density at radius 2 is 1.72 bits per heavy atom. The van der Waals surface area contributed by atoms with E-state index < -0.39 is 6.10 Å². The van der Waals surface area contributed by atoms with Crippen molar-refractivity contribution in [1.82, 2.24) is 0 Å². The Morgan fingerprint density at radius 3 is 2.44 bits per heavy atom. The van der Waals surface area contributed by atoms with E-state index >= 15 is 0 Å². The molecule has 1 nitrogen and oxygen atoms in total. The van der Waals surface area contributed by atoms with Crippen LogP contribution in [-0.2, 0) is 0 Å². The van der Waals surface area contributed by atoms with Crippen LogP contribution in [0.4, 0.5) is 0 Å². The predicted octanol–water partition coefficient (Wildman–Crippen LogP) is 4.35. The molecule has 0 aliphatic heterocycles. The molecule has 0 aliphatic rings. The van der Waals surface area contributed by atoms with Gasteiger partial charge in [0, 0.05) is 5.02 Å². The van der Waals surface area contributed by atoms with Gasteiger partial charge < -0.3 is 5.11 Å². The fraction of sp³-hybridized carbons (Fsp3) is 0.250. The zero-order valence-electron chi connectivity index (χ0n) is 10.9. The minimum atomic E-state index is -0.622. The molecule has 0 heterocycles. The van der Waals surface area contributed by atoms with Gasteiger partial charge in [0.15, 0.2) is 0 Å². The average molecular weight is 261 g/mol. The van der Waals surface area contributed by atoms with E-state index in [1.165, 1.54) is 0 Å². The van der Waals surface area contributed by atoms with Crippen LogP contribution >= 0.6 is 11.6 Å². The van der Waals surface area contributed by atoms with Gasteiger partial charge in [0.2, 0.25) is 0 Å². The summed E-state index contributed by atoms with van der Waals surface area (Å²) in [5.41, 5.74) is 4.99. The lowest BCUT2D eigenvalue weighted by Crippen LogP contribution is -2.04. The summed E-state index contributed by atoms with van der Waals surface area (Å²) in [5, 5.41) is 11.2. The van der Waals surface area contributed by atoms with Crippen molar-refractivity contribution in [3.8, 4) is 0 Å². The molecular formula is C16H17ClO. The molecule has 1 N–H and O–H groups in total. The number of hydrogen-bond donors (Lipinski definition) is 1. The van der Waals surface area contributed by atoms with E-state index in [2.05, 4.69) is 6.07 Å². The first-order valence-electron chi connectivity index (χ1n) is 6.01. The van der Waals surface area contributed by atoms with Crippen molar-refractivity contribution in [1.29, 1.82) is 0 Å². The van der Waals surface area contributed by atoms with Crippen molar-refractivity contribution in [2.45, 2.75) is 26.9 Å². The largest absolute Gasteiger partial charge is 0.384 e. The van der Waals surface area contributed by atoms with Gasteiger partial charge in [0.25, 0.3) is 0 Å². The quantitative estimate of drug-likeness (QED) is 0.851. The van der Waals surface area contributed by atoms with Gasteiger partial charge in [0.05, 0.1) is 0 Å². The number of hydrogen-bond acceptors (Lipinski definition) is 1. The van der Waals surface area contributed by atoms with Crippen molar-refractivity contribution in [2.24, 2.45) is 0 Å². The van der Waals surface area contributed by atoms with E-state index in [1.54, 1.807) is 0 Å². The summed E-state index contributed by atoms with van der Waals surface area (Å²) in [6, 6.07) is 11.8. The van der Waals surface area contributed by atoms with Gasteiger partial charge in [-0.15, -0.1) is 0 Å². The van der Waals surface area contributed by atoms with E-state index in [4.69, 9.17) is 11.6 Å². The van der Waals surface area contributed by atoms with Crippen LogP contribution in [0, 0.1) is 20.8 Å². The highest BCUT2D eigenvalue weighted by Crippen LogP contribution is 2.30. The summed E-state index contributed by atoms with van der Waals surface area (Å²) in [4.78, 5) is 0. The van der Waals surface area contributed by atoms with Crippen LogP contribution in [0.5, 0.6) is 0 Å². The highest BCUT2D eigenvalue weighted by molar-refractivity contribution is 6.31. The Balaban J connectivity index is 2.51. The van der Waals surface area contributed by atoms with Crippen LogP contribution in [0.15, 0.2) is 36.4 Å². The zero-order chi connectivity index (χ0) is 13.3. The van der Waals surface area contributed by atoms with Crippen LogP contribution < -0.4 is 0 Å². The maximum absolute atomic E-state index is 10.5. The van der Waals surface area contributed by atoms with Gasteiger partial charge in [-0.2, -0.15) is 0 Å². The van der Waals surface area contributed by atoms with Gasteiger partial charge in [-0.3, -0.25) is 0 Å². The van der Waals surface area contributed by atoms with E-state index in [-0.39, 0.29) is 0 Å². The minimum absolute atomic E-state index is 0.622. The second-order valence-electron chi connectivity index (χ2n) is 4.72. The maximum atomic E-state index is 10.5. The molecule has 0 bridgehead atoms. The molecular weight excluding hydrogens is 244 g/mol. The van der Waals surface area contributed by atoms with Crippen molar-refractivity contribution >= 4 is 11.6 Å². The first kappa shape index (κ1) is 13.1. The molecule has 2 aromatic rings. The Labute approximate surface area is 113 Å². The highest BCUT2D eigenvalue weighted by Gasteiger charge is 2.16. The molecule has 0 radical (unpaired) electrons. The zero-order valence-corrected chi connectivity index (χ0v) is 11.6. The molecule has 2 rings (SSSR count). The monoisotopic (exact) mass is 260 g/mol. The van der Waals surface area contributed by atoms with E-state index in [9.17, 15) is 5.11 Å². The van der Waals surface area contributed by atoms with Gasteiger partial charge in [-0.05, 0) is 49.1 Å². The third-order valence-corrected chi connectivity index (χ3v) is 3.74. The van der Waals surface area contributed by atoms with Gasteiger partial charge >= 0.3 is 0 Å². The summed E-state index contributed by atoms with van der Waals surface area (Å²) >= 11 is 6.11. The molecule has 2 heteroatoms. The molecule has 0 saturated heterocycles. The number of aliphatic hydroxyl groups is 1. The summed E-state index contributed by atoms with van der Waals surface area (Å²) in [5.74, 6) is 0.